The van der Waals surface area contributed by atoms with Crippen LogP contribution < -0.4 is 0 Å². The van der Waals surface area contributed by atoms with Gasteiger partial charge in [-0.05, 0) is 17.5 Å². The van der Waals surface area contributed by atoms with Crippen LogP contribution in [0.4, 0.5) is 0 Å². The molecule has 0 aromatic heterocycles. The molecule has 0 aliphatic heterocycles. The van der Waals surface area contributed by atoms with Gasteiger partial charge in [-0.3, -0.25) is 14.4 Å². The highest BCUT2D eigenvalue weighted by molar-refractivity contribution is 6.09. The number of carbonyl (C=O) groups excluding carboxylic acids is 3. The number of hydrogen-bond acceptors (Lipinski definition) is 3. The monoisotopic (exact) mass is 320 g/mol. The van der Waals surface area contributed by atoms with E-state index in [1.807, 2.05) is 60.7 Å². The molecule has 0 saturated heterocycles. The Labute approximate surface area is 141 Å². The van der Waals surface area contributed by atoms with E-state index < -0.39 is 11.8 Å². The number of hydrogen-bond donors (Lipinski definition) is 0. The lowest BCUT2D eigenvalue weighted by Crippen LogP contribution is -2.37. The van der Waals surface area contributed by atoms with Gasteiger partial charge in [-0.15, -0.1) is 0 Å². The van der Waals surface area contributed by atoms with Crippen LogP contribution in [-0.2, 0) is 20.8 Å². The van der Waals surface area contributed by atoms with Crippen LogP contribution in [0.5, 0.6) is 0 Å². The molecule has 2 aromatic rings. The fourth-order valence-corrected chi connectivity index (χ4v) is 3.43. The standard InChI is InChI=1S/C21H20O3/c22-17-12-7-13-18(23)21(17)20(16-10-5-2-6-11-16)19(24)14-15-8-3-1-4-9-15/h1-6,8-11,20-21H,7,12-14H2. The van der Waals surface area contributed by atoms with Gasteiger partial charge in [-0.1, -0.05) is 60.7 Å². The molecule has 122 valence electrons. The van der Waals surface area contributed by atoms with Crippen molar-refractivity contribution in [1.29, 1.82) is 0 Å². The number of carbonyl (C=O) groups is 3. The molecule has 3 nitrogen and oxygen atoms in total. The van der Waals surface area contributed by atoms with Crippen LogP contribution >= 0.6 is 0 Å². The second-order valence-corrected chi connectivity index (χ2v) is 6.28. The first kappa shape index (κ1) is 16.3. The van der Waals surface area contributed by atoms with Crippen LogP contribution in [0.2, 0.25) is 0 Å². The summed E-state index contributed by atoms with van der Waals surface area (Å²) in [6.07, 6.45) is 1.61. The summed E-state index contributed by atoms with van der Waals surface area (Å²) in [7, 11) is 0. The molecule has 3 heteroatoms. The number of ketones is 3. The quantitative estimate of drug-likeness (QED) is 0.792. The normalized spacial score (nSPS) is 16.8. The van der Waals surface area contributed by atoms with E-state index >= 15 is 0 Å². The van der Waals surface area contributed by atoms with E-state index in [4.69, 9.17) is 0 Å². The fraction of sp³-hybridized carbons (Fsp3) is 0.286. The maximum Gasteiger partial charge on any atom is 0.145 e. The third kappa shape index (κ3) is 3.51. The van der Waals surface area contributed by atoms with Gasteiger partial charge >= 0.3 is 0 Å². The molecule has 3 rings (SSSR count). The first-order chi connectivity index (χ1) is 11.7. The van der Waals surface area contributed by atoms with Gasteiger partial charge in [0.2, 0.25) is 0 Å². The summed E-state index contributed by atoms with van der Waals surface area (Å²) in [5, 5.41) is 0. The third-order valence-electron chi connectivity index (χ3n) is 4.60. The van der Waals surface area contributed by atoms with Gasteiger partial charge in [0.1, 0.15) is 17.3 Å². The van der Waals surface area contributed by atoms with Crippen LogP contribution in [0.15, 0.2) is 60.7 Å². The highest BCUT2D eigenvalue weighted by atomic mass is 16.2. The highest BCUT2D eigenvalue weighted by Crippen LogP contribution is 2.33. The van der Waals surface area contributed by atoms with Crippen molar-refractivity contribution in [2.75, 3.05) is 0 Å². The van der Waals surface area contributed by atoms with Crippen molar-refractivity contribution in [3.05, 3.63) is 71.8 Å². The summed E-state index contributed by atoms with van der Waals surface area (Å²) in [4.78, 5) is 37.8. The van der Waals surface area contributed by atoms with E-state index in [0.29, 0.717) is 19.3 Å². The van der Waals surface area contributed by atoms with Gasteiger partial charge in [0.15, 0.2) is 0 Å². The molecule has 0 N–H and O–H groups in total. The van der Waals surface area contributed by atoms with Crippen molar-refractivity contribution in [3.63, 3.8) is 0 Å². The molecule has 0 radical (unpaired) electrons. The Morgan fingerprint density at radius 1 is 0.875 bits per heavy atom. The molecule has 1 fully saturated rings. The lowest BCUT2D eigenvalue weighted by atomic mass is 9.72. The van der Waals surface area contributed by atoms with E-state index in [0.717, 1.165) is 11.1 Å². The summed E-state index contributed by atoms with van der Waals surface area (Å²) >= 11 is 0. The van der Waals surface area contributed by atoms with Crippen molar-refractivity contribution in [3.8, 4) is 0 Å². The largest absolute Gasteiger partial charge is 0.299 e. The minimum Gasteiger partial charge on any atom is -0.299 e. The zero-order valence-electron chi connectivity index (χ0n) is 13.5. The molecule has 0 spiro atoms. The van der Waals surface area contributed by atoms with E-state index in [1.54, 1.807) is 0 Å². The number of benzene rings is 2. The first-order valence-electron chi connectivity index (χ1n) is 8.34. The van der Waals surface area contributed by atoms with Crippen molar-refractivity contribution in [1.82, 2.24) is 0 Å². The van der Waals surface area contributed by atoms with Crippen LogP contribution in [0.25, 0.3) is 0 Å². The molecular weight excluding hydrogens is 300 g/mol. The van der Waals surface area contributed by atoms with E-state index in [-0.39, 0.29) is 23.8 Å². The minimum atomic E-state index is -0.822. The second-order valence-electron chi connectivity index (χ2n) is 6.28. The first-order valence-corrected chi connectivity index (χ1v) is 8.34. The predicted molar refractivity (Wildman–Crippen MR) is 91.7 cm³/mol. The fourth-order valence-electron chi connectivity index (χ4n) is 3.43. The highest BCUT2D eigenvalue weighted by Gasteiger charge is 2.40. The van der Waals surface area contributed by atoms with Gasteiger partial charge in [0.25, 0.3) is 0 Å². The molecule has 1 aliphatic rings. The Balaban J connectivity index is 1.94. The zero-order valence-corrected chi connectivity index (χ0v) is 13.5. The molecule has 0 amide bonds. The SMILES string of the molecule is O=C1CCCC(=O)C1C(C(=O)Cc1ccccc1)c1ccccc1. The topological polar surface area (TPSA) is 51.2 Å². The molecule has 1 aliphatic carbocycles. The van der Waals surface area contributed by atoms with Crippen LogP contribution in [0.1, 0.15) is 36.3 Å². The van der Waals surface area contributed by atoms with Crippen molar-refractivity contribution in [2.45, 2.75) is 31.6 Å². The Morgan fingerprint density at radius 2 is 1.42 bits per heavy atom. The summed E-state index contributed by atoms with van der Waals surface area (Å²) < 4.78 is 0. The smallest absolute Gasteiger partial charge is 0.145 e. The van der Waals surface area contributed by atoms with E-state index in [9.17, 15) is 14.4 Å². The summed E-state index contributed by atoms with van der Waals surface area (Å²) in [6, 6.07) is 18.7. The van der Waals surface area contributed by atoms with Crippen molar-refractivity contribution in [2.24, 2.45) is 5.92 Å². The molecule has 24 heavy (non-hydrogen) atoms. The molecule has 1 saturated carbocycles. The molecule has 1 atom stereocenters. The van der Waals surface area contributed by atoms with Gasteiger partial charge < -0.3 is 0 Å². The average Bonchev–Trinajstić information content (AvgIpc) is 2.60. The van der Waals surface area contributed by atoms with Crippen LogP contribution in [-0.4, -0.2) is 17.3 Å². The lowest BCUT2D eigenvalue weighted by molar-refractivity contribution is -0.140. The van der Waals surface area contributed by atoms with Gasteiger partial charge in [0, 0.05) is 19.3 Å². The van der Waals surface area contributed by atoms with Gasteiger partial charge in [-0.25, -0.2) is 0 Å². The minimum absolute atomic E-state index is 0.0685. The summed E-state index contributed by atoms with van der Waals surface area (Å²) in [5.41, 5.74) is 1.66. The zero-order chi connectivity index (χ0) is 16.9. The van der Waals surface area contributed by atoms with Crippen LogP contribution in [0, 0.1) is 5.92 Å². The molecule has 0 bridgehead atoms. The Hall–Kier alpha value is -2.55. The van der Waals surface area contributed by atoms with E-state index in [1.165, 1.54) is 0 Å². The maximum atomic E-state index is 13.0. The number of Topliss-reactive ketones (excluding diaryl/α,β-unsaturated/α-hetero) is 3. The average molecular weight is 320 g/mol. The van der Waals surface area contributed by atoms with E-state index in [2.05, 4.69) is 0 Å². The molecule has 2 aromatic carbocycles. The lowest BCUT2D eigenvalue weighted by Gasteiger charge is -2.27. The van der Waals surface area contributed by atoms with Gasteiger partial charge in [0.05, 0.1) is 11.8 Å². The van der Waals surface area contributed by atoms with Gasteiger partial charge in [-0.2, -0.15) is 0 Å². The van der Waals surface area contributed by atoms with Crippen molar-refractivity contribution < 1.29 is 14.4 Å². The molecule has 1 unspecified atom stereocenters. The Morgan fingerprint density at radius 3 is 2.00 bits per heavy atom. The predicted octanol–water partition coefficient (Wildman–Crippen LogP) is 3.52. The maximum absolute atomic E-state index is 13.0. The molecular formula is C21H20O3. The third-order valence-corrected chi connectivity index (χ3v) is 4.60. The van der Waals surface area contributed by atoms with Crippen LogP contribution in [0.3, 0.4) is 0 Å². The summed E-state index contributed by atoms with van der Waals surface area (Å²) in [5.74, 6) is -1.76. The summed E-state index contributed by atoms with van der Waals surface area (Å²) in [6.45, 7) is 0. The Bertz CT molecular complexity index is 718. The Kier molecular flexibility index (Phi) is 4.99. The number of rotatable bonds is 5. The van der Waals surface area contributed by atoms with Crippen molar-refractivity contribution >= 4 is 17.3 Å². The molecule has 0 heterocycles. The second kappa shape index (κ2) is 7.35.